The van der Waals surface area contributed by atoms with Crippen molar-refractivity contribution in [3.63, 3.8) is 0 Å². The molecule has 0 atom stereocenters. The molecular formula is C7H11N3. The van der Waals surface area contributed by atoms with Crippen molar-refractivity contribution in [3.8, 4) is 0 Å². The molecule has 0 heterocycles. The van der Waals surface area contributed by atoms with E-state index >= 15 is 0 Å². The lowest BCUT2D eigenvalue weighted by molar-refractivity contribution is 1.21. The van der Waals surface area contributed by atoms with Gasteiger partial charge in [0.25, 0.3) is 0 Å². The van der Waals surface area contributed by atoms with E-state index in [1.807, 2.05) is 0 Å². The lowest BCUT2D eigenvalue weighted by Crippen LogP contribution is -2.03. The second kappa shape index (κ2) is 3.61. The third kappa shape index (κ3) is 1.85. The summed E-state index contributed by atoms with van der Waals surface area (Å²) in [5.74, 6) is 0.282. The van der Waals surface area contributed by atoms with Crippen molar-refractivity contribution >= 4 is 12.4 Å². The summed E-state index contributed by atoms with van der Waals surface area (Å²) in [5.41, 5.74) is 6.24. The molecule has 0 aromatic rings. The van der Waals surface area contributed by atoms with E-state index in [2.05, 4.69) is 18.3 Å². The fourth-order valence-electron chi connectivity index (χ4n) is 0.410. The first-order chi connectivity index (χ1) is 4.63. The summed E-state index contributed by atoms with van der Waals surface area (Å²) in [6, 6.07) is 0. The van der Waals surface area contributed by atoms with Crippen LogP contribution in [0.15, 0.2) is 29.0 Å². The Bertz CT molecular complexity index is 201. The maximum absolute atomic E-state index is 7.23. The number of aliphatic imine (C=N–C) groups is 1. The van der Waals surface area contributed by atoms with Gasteiger partial charge in [0.15, 0.2) is 0 Å². The molecule has 0 saturated carbocycles. The number of nitrogens with zero attached hydrogens (tertiary/aromatic N) is 1. The third-order valence-electron chi connectivity index (χ3n) is 1.16. The molecule has 0 fully saturated rings. The standard InChI is InChI=1S/C7H11N3/c1-4-6(8)5(2)7(9)10-3/h4,8H,1,3,9H2,2H3/b7-5-,8-6?. The Balaban J connectivity index is 4.61. The minimum atomic E-state index is 0.282. The summed E-state index contributed by atoms with van der Waals surface area (Å²) < 4.78 is 0. The van der Waals surface area contributed by atoms with Crippen molar-refractivity contribution in [2.24, 2.45) is 10.7 Å². The third-order valence-corrected chi connectivity index (χ3v) is 1.16. The van der Waals surface area contributed by atoms with E-state index in [-0.39, 0.29) is 11.5 Å². The molecule has 0 unspecified atom stereocenters. The summed E-state index contributed by atoms with van der Waals surface area (Å²) >= 11 is 0. The van der Waals surface area contributed by atoms with E-state index in [1.54, 1.807) is 6.92 Å². The zero-order chi connectivity index (χ0) is 8.15. The van der Waals surface area contributed by atoms with Gasteiger partial charge in [-0.1, -0.05) is 6.58 Å². The van der Waals surface area contributed by atoms with Crippen LogP contribution in [0.1, 0.15) is 6.92 Å². The van der Waals surface area contributed by atoms with Crippen molar-refractivity contribution in [1.29, 1.82) is 5.41 Å². The van der Waals surface area contributed by atoms with Gasteiger partial charge in [-0.2, -0.15) is 0 Å². The second-order valence-electron chi connectivity index (χ2n) is 1.79. The van der Waals surface area contributed by atoms with Gasteiger partial charge in [-0.3, -0.25) is 0 Å². The Labute approximate surface area is 60.5 Å². The van der Waals surface area contributed by atoms with Gasteiger partial charge in [0.05, 0.1) is 5.71 Å². The zero-order valence-electron chi connectivity index (χ0n) is 6.02. The van der Waals surface area contributed by atoms with Crippen molar-refractivity contribution < 1.29 is 0 Å². The smallest absolute Gasteiger partial charge is 0.127 e. The van der Waals surface area contributed by atoms with E-state index in [4.69, 9.17) is 11.1 Å². The Morgan fingerprint density at radius 1 is 1.70 bits per heavy atom. The van der Waals surface area contributed by atoms with E-state index in [9.17, 15) is 0 Å². The van der Waals surface area contributed by atoms with Crippen LogP contribution >= 0.6 is 0 Å². The maximum atomic E-state index is 7.23. The minimum absolute atomic E-state index is 0.282. The van der Waals surface area contributed by atoms with E-state index < -0.39 is 0 Å². The van der Waals surface area contributed by atoms with Crippen LogP contribution in [0.4, 0.5) is 0 Å². The SMILES string of the molecule is C=CC(=N)/C(C)=C(/N)N=C. The Kier molecular flexibility index (Phi) is 3.11. The molecule has 0 aromatic carbocycles. The Morgan fingerprint density at radius 3 is 2.50 bits per heavy atom. The molecule has 0 spiro atoms. The van der Waals surface area contributed by atoms with Crippen LogP contribution in [0.2, 0.25) is 0 Å². The van der Waals surface area contributed by atoms with Crippen LogP contribution in [0.3, 0.4) is 0 Å². The van der Waals surface area contributed by atoms with Crippen LogP contribution in [0.25, 0.3) is 0 Å². The first kappa shape index (κ1) is 8.62. The first-order valence-corrected chi connectivity index (χ1v) is 2.78. The average Bonchev–Trinajstić information content (AvgIpc) is 2.00. The van der Waals surface area contributed by atoms with Gasteiger partial charge in [-0.25, -0.2) is 4.99 Å². The number of nitrogens with two attached hydrogens (primary N) is 1. The first-order valence-electron chi connectivity index (χ1n) is 2.78. The van der Waals surface area contributed by atoms with Crippen LogP contribution < -0.4 is 5.73 Å². The van der Waals surface area contributed by atoms with Gasteiger partial charge >= 0.3 is 0 Å². The Morgan fingerprint density at radius 2 is 2.20 bits per heavy atom. The number of hydrogen-bond donors (Lipinski definition) is 2. The number of hydrogen-bond acceptors (Lipinski definition) is 3. The number of nitrogens with one attached hydrogen (secondary N) is 1. The number of allylic oxidation sites excluding steroid dienone is 2. The topological polar surface area (TPSA) is 62.2 Å². The fourth-order valence-corrected chi connectivity index (χ4v) is 0.410. The van der Waals surface area contributed by atoms with Crippen molar-refractivity contribution in [2.45, 2.75) is 6.92 Å². The molecule has 0 aliphatic carbocycles. The molecule has 54 valence electrons. The van der Waals surface area contributed by atoms with Crippen LogP contribution in [0, 0.1) is 5.41 Å². The lowest BCUT2D eigenvalue weighted by Gasteiger charge is -1.98. The predicted octanol–water partition coefficient (Wildman–Crippen LogP) is 1.08. The largest absolute Gasteiger partial charge is 0.383 e. The van der Waals surface area contributed by atoms with Gasteiger partial charge in [-0.05, 0) is 19.7 Å². The molecule has 0 saturated heterocycles. The molecule has 0 radical (unpaired) electrons. The van der Waals surface area contributed by atoms with E-state index in [0.717, 1.165) is 0 Å². The van der Waals surface area contributed by atoms with E-state index in [0.29, 0.717) is 5.57 Å². The molecule has 0 aliphatic heterocycles. The van der Waals surface area contributed by atoms with Gasteiger partial charge in [0.2, 0.25) is 0 Å². The van der Waals surface area contributed by atoms with E-state index in [1.165, 1.54) is 6.08 Å². The second-order valence-corrected chi connectivity index (χ2v) is 1.79. The summed E-state index contributed by atoms with van der Waals surface area (Å²) in [5, 5.41) is 7.23. The van der Waals surface area contributed by atoms with Crippen molar-refractivity contribution in [1.82, 2.24) is 0 Å². The Hall–Kier alpha value is -1.38. The molecule has 10 heavy (non-hydrogen) atoms. The van der Waals surface area contributed by atoms with Gasteiger partial charge in [-0.15, -0.1) is 0 Å². The quantitative estimate of drug-likeness (QED) is 0.562. The normalized spacial score (nSPS) is 11.7. The highest BCUT2D eigenvalue weighted by Crippen LogP contribution is 2.00. The highest BCUT2D eigenvalue weighted by molar-refractivity contribution is 6.05. The molecule has 3 N–H and O–H groups in total. The highest BCUT2D eigenvalue weighted by atomic mass is 14.9. The van der Waals surface area contributed by atoms with Crippen LogP contribution in [0.5, 0.6) is 0 Å². The summed E-state index contributed by atoms with van der Waals surface area (Å²) in [4.78, 5) is 3.48. The average molecular weight is 137 g/mol. The van der Waals surface area contributed by atoms with Gasteiger partial charge in [0.1, 0.15) is 5.82 Å². The monoisotopic (exact) mass is 137 g/mol. The molecule has 3 nitrogen and oxygen atoms in total. The molecule has 0 aromatic heterocycles. The molecule has 0 aliphatic rings. The molecule has 3 heteroatoms. The molecule has 0 bridgehead atoms. The highest BCUT2D eigenvalue weighted by Gasteiger charge is 1.97. The summed E-state index contributed by atoms with van der Waals surface area (Å²) in [6.07, 6.45) is 1.41. The number of rotatable bonds is 3. The molecular weight excluding hydrogens is 126 g/mol. The zero-order valence-corrected chi connectivity index (χ0v) is 6.02. The molecule has 0 rings (SSSR count). The fraction of sp³-hybridized carbons (Fsp3) is 0.143. The summed E-state index contributed by atoms with van der Waals surface area (Å²) in [6.45, 7) is 8.36. The lowest BCUT2D eigenvalue weighted by atomic mass is 10.2. The predicted molar refractivity (Wildman–Crippen MR) is 44.4 cm³/mol. The maximum Gasteiger partial charge on any atom is 0.127 e. The summed E-state index contributed by atoms with van der Waals surface area (Å²) in [7, 11) is 0. The van der Waals surface area contributed by atoms with Crippen LogP contribution in [-0.4, -0.2) is 12.4 Å². The minimum Gasteiger partial charge on any atom is -0.383 e. The van der Waals surface area contributed by atoms with Gasteiger partial charge in [0, 0.05) is 5.57 Å². The van der Waals surface area contributed by atoms with Crippen molar-refractivity contribution in [2.75, 3.05) is 0 Å². The van der Waals surface area contributed by atoms with Gasteiger partial charge < -0.3 is 11.1 Å². The molecule has 0 amide bonds. The van der Waals surface area contributed by atoms with Crippen LogP contribution in [-0.2, 0) is 0 Å². The van der Waals surface area contributed by atoms with Crippen molar-refractivity contribution in [3.05, 3.63) is 24.0 Å².